The zero-order chi connectivity index (χ0) is 20.5. The number of ether oxygens (including phenoxy) is 2. The first-order chi connectivity index (χ1) is 13.4. The number of amides is 2. The first-order valence-electron chi connectivity index (χ1n) is 8.69. The van der Waals surface area contributed by atoms with Crippen molar-refractivity contribution in [1.82, 2.24) is 5.32 Å². The number of allylic oxidation sites excluding steroid dienone is 1. The summed E-state index contributed by atoms with van der Waals surface area (Å²) in [4.78, 5) is 24.0. The van der Waals surface area contributed by atoms with Gasteiger partial charge in [0, 0.05) is 10.2 Å². The number of rotatable bonds is 8. The Balaban J connectivity index is 1.83. The molecule has 0 aliphatic carbocycles. The topological polar surface area (TPSA) is 76.7 Å². The lowest BCUT2D eigenvalue weighted by Gasteiger charge is -2.12. The summed E-state index contributed by atoms with van der Waals surface area (Å²) in [6, 6.07) is 11.0. The zero-order valence-electron chi connectivity index (χ0n) is 16.0. The van der Waals surface area contributed by atoms with E-state index in [1.54, 1.807) is 12.1 Å². The van der Waals surface area contributed by atoms with Crippen molar-refractivity contribution >= 4 is 39.5 Å². The van der Waals surface area contributed by atoms with E-state index in [4.69, 9.17) is 9.47 Å². The lowest BCUT2D eigenvalue weighted by molar-refractivity contribution is -0.125. The molecule has 0 atom stereocenters. The zero-order valence-corrected chi connectivity index (χ0v) is 17.6. The minimum absolute atomic E-state index is 0.144. The predicted molar refractivity (Wildman–Crippen MR) is 114 cm³/mol. The highest BCUT2D eigenvalue weighted by Crippen LogP contribution is 2.28. The summed E-state index contributed by atoms with van der Waals surface area (Å²) in [5, 5.41) is 5.30. The van der Waals surface area contributed by atoms with Crippen LogP contribution in [0.25, 0.3) is 6.08 Å². The van der Waals surface area contributed by atoms with Crippen molar-refractivity contribution in [2.75, 3.05) is 25.6 Å². The number of hydrogen-bond acceptors (Lipinski definition) is 4. The third kappa shape index (κ3) is 6.42. The molecule has 0 unspecified atom stereocenters. The van der Waals surface area contributed by atoms with Crippen molar-refractivity contribution in [2.45, 2.75) is 13.8 Å². The molecule has 2 rings (SSSR count). The van der Waals surface area contributed by atoms with Crippen LogP contribution in [0.15, 0.2) is 46.9 Å². The molecule has 0 saturated heterocycles. The molecular weight excluding hydrogens is 424 g/mol. The number of carbonyl (C=O) groups is 2. The van der Waals surface area contributed by atoms with Gasteiger partial charge in [-0.05, 0) is 55.3 Å². The summed E-state index contributed by atoms with van der Waals surface area (Å²) < 4.78 is 11.7. The Bertz CT molecular complexity index is 881. The third-order valence-corrected chi connectivity index (χ3v) is 4.31. The number of benzene rings is 2. The highest BCUT2D eigenvalue weighted by atomic mass is 79.9. The fraction of sp³-hybridized carbons (Fsp3) is 0.238. The summed E-state index contributed by atoms with van der Waals surface area (Å²) in [6.45, 7) is 3.45. The first kappa shape index (κ1) is 21.5. The van der Waals surface area contributed by atoms with E-state index in [0.717, 1.165) is 15.6 Å². The van der Waals surface area contributed by atoms with Gasteiger partial charge >= 0.3 is 0 Å². The Hall–Kier alpha value is -2.80. The number of anilines is 1. The molecule has 0 saturated carbocycles. The maximum atomic E-state index is 12.0. The van der Waals surface area contributed by atoms with E-state index in [1.807, 2.05) is 50.3 Å². The van der Waals surface area contributed by atoms with Crippen LogP contribution in [0, 0.1) is 6.92 Å². The van der Waals surface area contributed by atoms with E-state index in [0.29, 0.717) is 17.2 Å². The van der Waals surface area contributed by atoms with Gasteiger partial charge in [-0.15, -0.1) is 0 Å². The van der Waals surface area contributed by atoms with E-state index < -0.39 is 5.91 Å². The summed E-state index contributed by atoms with van der Waals surface area (Å²) >= 11 is 3.37. The van der Waals surface area contributed by atoms with Crippen LogP contribution in [-0.2, 0) is 9.59 Å². The quantitative estimate of drug-likeness (QED) is 0.643. The molecule has 28 heavy (non-hydrogen) atoms. The first-order valence-corrected chi connectivity index (χ1v) is 9.48. The summed E-state index contributed by atoms with van der Waals surface area (Å²) in [5.41, 5.74) is 2.59. The van der Waals surface area contributed by atoms with E-state index in [1.165, 1.54) is 7.11 Å². The molecule has 148 valence electrons. The van der Waals surface area contributed by atoms with Crippen molar-refractivity contribution in [3.8, 4) is 11.5 Å². The number of methoxy groups -OCH3 is 1. The predicted octanol–water partition coefficient (Wildman–Crippen LogP) is 3.93. The van der Waals surface area contributed by atoms with Crippen LogP contribution in [0.2, 0.25) is 0 Å². The van der Waals surface area contributed by atoms with E-state index >= 15 is 0 Å². The molecule has 2 aromatic carbocycles. The molecule has 0 aromatic heterocycles. The number of nitrogens with one attached hydrogen (secondary N) is 2. The smallest absolute Gasteiger partial charge is 0.258 e. The average molecular weight is 447 g/mol. The summed E-state index contributed by atoms with van der Waals surface area (Å²) in [7, 11) is 1.54. The number of aryl methyl sites for hydroxylation is 1. The van der Waals surface area contributed by atoms with E-state index in [2.05, 4.69) is 26.6 Å². The Morgan fingerprint density at radius 1 is 1.11 bits per heavy atom. The number of hydrogen-bond donors (Lipinski definition) is 2. The van der Waals surface area contributed by atoms with Crippen LogP contribution in [0.3, 0.4) is 0 Å². The highest BCUT2D eigenvalue weighted by Gasteiger charge is 2.10. The van der Waals surface area contributed by atoms with E-state index in [9.17, 15) is 9.59 Å². The van der Waals surface area contributed by atoms with Gasteiger partial charge in [0.25, 0.3) is 5.91 Å². The third-order valence-electron chi connectivity index (χ3n) is 3.81. The fourth-order valence-corrected chi connectivity index (χ4v) is 2.91. The van der Waals surface area contributed by atoms with Crippen molar-refractivity contribution in [1.29, 1.82) is 0 Å². The van der Waals surface area contributed by atoms with Crippen LogP contribution in [-0.4, -0.2) is 32.1 Å². The molecule has 0 spiro atoms. The molecule has 2 amide bonds. The average Bonchev–Trinajstić information content (AvgIpc) is 2.67. The number of halogens is 1. The van der Waals surface area contributed by atoms with Crippen molar-refractivity contribution in [3.63, 3.8) is 0 Å². The summed E-state index contributed by atoms with van der Waals surface area (Å²) in [5.74, 6) is 0.280. The molecule has 0 fully saturated rings. The maximum Gasteiger partial charge on any atom is 0.258 e. The molecule has 7 heteroatoms. The molecule has 0 radical (unpaired) electrons. The van der Waals surface area contributed by atoms with Crippen LogP contribution in [0.5, 0.6) is 11.5 Å². The molecule has 0 aliphatic rings. The van der Waals surface area contributed by atoms with Gasteiger partial charge in [-0.25, -0.2) is 0 Å². The van der Waals surface area contributed by atoms with Gasteiger partial charge in [-0.3, -0.25) is 9.59 Å². The molecule has 6 nitrogen and oxygen atoms in total. The van der Waals surface area contributed by atoms with Gasteiger partial charge in [-0.1, -0.05) is 34.1 Å². The van der Waals surface area contributed by atoms with Gasteiger partial charge in [0.2, 0.25) is 5.91 Å². The molecule has 2 N–H and O–H groups in total. The van der Waals surface area contributed by atoms with Crippen LogP contribution < -0.4 is 20.1 Å². The maximum absolute atomic E-state index is 12.0. The van der Waals surface area contributed by atoms with Gasteiger partial charge in [0.05, 0.1) is 13.7 Å². The van der Waals surface area contributed by atoms with Crippen LogP contribution in [0.1, 0.15) is 18.1 Å². The molecule has 0 bridgehead atoms. The second kappa shape index (κ2) is 10.5. The molecular formula is C21H23BrN2O4. The SMILES string of the molecule is C/C=C/c1ccc(OCC(=O)NCC(=O)Nc2ccc(Br)cc2C)c(OC)c1. The van der Waals surface area contributed by atoms with Gasteiger partial charge in [0.15, 0.2) is 18.1 Å². The standard InChI is InChI=1S/C21H23BrN2O4/c1-4-5-15-6-9-18(19(11-15)27-3)28-13-21(26)23-12-20(25)24-17-8-7-16(22)10-14(17)2/h4-11H,12-13H2,1-3H3,(H,23,26)(H,24,25)/b5-4+. The Labute approximate surface area is 173 Å². The number of carbonyl (C=O) groups excluding carboxylic acids is 2. The second-order valence-corrected chi connectivity index (χ2v) is 6.90. The Morgan fingerprint density at radius 2 is 1.89 bits per heavy atom. The van der Waals surface area contributed by atoms with Crippen molar-refractivity contribution < 1.29 is 19.1 Å². The summed E-state index contributed by atoms with van der Waals surface area (Å²) in [6.07, 6.45) is 3.86. The molecule has 0 aliphatic heterocycles. The van der Waals surface area contributed by atoms with Gasteiger partial charge in [0.1, 0.15) is 0 Å². The Morgan fingerprint density at radius 3 is 2.57 bits per heavy atom. The van der Waals surface area contributed by atoms with Crippen LogP contribution >= 0.6 is 15.9 Å². The van der Waals surface area contributed by atoms with Crippen LogP contribution in [0.4, 0.5) is 5.69 Å². The Kier molecular flexibility index (Phi) is 8.07. The van der Waals surface area contributed by atoms with Gasteiger partial charge < -0.3 is 20.1 Å². The fourth-order valence-electron chi connectivity index (χ4n) is 2.43. The lowest BCUT2D eigenvalue weighted by Crippen LogP contribution is -2.35. The van der Waals surface area contributed by atoms with E-state index in [-0.39, 0.29) is 19.1 Å². The van der Waals surface area contributed by atoms with Crippen molar-refractivity contribution in [3.05, 3.63) is 58.1 Å². The minimum atomic E-state index is -0.401. The lowest BCUT2D eigenvalue weighted by atomic mass is 10.2. The second-order valence-electron chi connectivity index (χ2n) is 5.98. The largest absolute Gasteiger partial charge is 0.493 e. The highest BCUT2D eigenvalue weighted by molar-refractivity contribution is 9.10. The van der Waals surface area contributed by atoms with Crippen molar-refractivity contribution in [2.24, 2.45) is 0 Å². The van der Waals surface area contributed by atoms with Gasteiger partial charge in [-0.2, -0.15) is 0 Å². The molecule has 2 aromatic rings. The minimum Gasteiger partial charge on any atom is -0.493 e. The monoisotopic (exact) mass is 446 g/mol. The molecule has 0 heterocycles. The normalized spacial score (nSPS) is 10.6.